The molecule has 0 aliphatic heterocycles. The van der Waals surface area contributed by atoms with E-state index >= 15 is 0 Å². The number of carbonyl (C=O) groups is 1. The summed E-state index contributed by atoms with van der Waals surface area (Å²) in [6, 6.07) is 6.48. The molecule has 1 amide bonds. The third-order valence-corrected chi connectivity index (χ3v) is 2.27. The number of hydrogen-bond acceptors (Lipinski definition) is 4. The number of anilines is 2. The third kappa shape index (κ3) is 2.70. The normalized spacial score (nSPS) is 9.94. The molecule has 2 aromatic rings. The van der Waals surface area contributed by atoms with E-state index in [2.05, 4.69) is 15.3 Å². The van der Waals surface area contributed by atoms with E-state index in [-0.39, 0.29) is 16.9 Å². The van der Waals surface area contributed by atoms with Crippen molar-refractivity contribution in [3.05, 3.63) is 47.4 Å². The standard InChI is InChI=1S/C11H9ClN4O/c12-9-4-3-8(10(13)16-9)15-11(17)7-2-1-5-14-6-7/h1-6H,(H2,13,16)(H,15,17). The van der Waals surface area contributed by atoms with Crippen molar-refractivity contribution in [3.63, 3.8) is 0 Å². The van der Waals surface area contributed by atoms with Crippen molar-refractivity contribution >= 4 is 29.0 Å². The van der Waals surface area contributed by atoms with Crippen LogP contribution in [0, 0.1) is 0 Å². The van der Waals surface area contributed by atoms with Gasteiger partial charge in [-0.15, -0.1) is 0 Å². The average molecular weight is 249 g/mol. The van der Waals surface area contributed by atoms with Crippen molar-refractivity contribution in [2.45, 2.75) is 0 Å². The number of nitrogens with zero attached hydrogens (tertiary/aromatic N) is 2. The van der Waals surface area contributed by atoms with Gasteiger partial charge in [0.25, 0.3) is 5.91 Å². The van der Waals surface area contributed by atoms with Crippen molar-refractivity contribution in [3.8, 4) is 0 Å². The highest BCUT2D eigenvalue weighted by Gasteiger charge is 2.08. The van der Waals surface area contributed by atoms with Crippen LogP contribution in [0.25, 0.3) is 0 Å². The Morgan fingerprint density at radius 2 is 2.18 bits per heavy atom. The van der Waals surface area contributed by atoms with Gasteiger partial charge in [0.2, 0.25) is 0 Å². The van der Waals surface area contributed by atoms with Gasteiger partial charge >= 0.3 is 0 Å². The minimum absolute atomic E-state index is 0.176. The molecule has 0 saturated carbocycles. The van der Waals surface area contributed by atoms with Crippen LogP contribution < -0.4 is 11.1 Å². The van der Waals surface area contributed by atoms with E-state index in [1.807, 2.05) is 0 Å². The summed E-state index contributed by atoms with van der Waals surface area (Å²) in [7, 11) is 0. The van der Waals surface area contributed by atoms with Gasteiger partial charge in [-0.2, -0.15) is 0 Å². The maximum absolute atomic E-state index is 11.8. The van der Waals surface area contributed by atoms with Crippen LogP contribution in [-0.2, 0) is 0 Å². The maximum atomic E-state index is 11.8. The van der Waals surface area contributed by atoms with Gasteiger partial charge in [-0.05, 0) is 24.3 Å². The lowest BCUT2D eigenvalue weighted by Crippen LogP contribution is -2.13. The summed E-state index contributed by atoms with van der Waals surface area (Å²) in [6.45, 7) is 0. The summed E-state index contributed by atoms with van der Waals surface area (Å²) in [6.07, 6.45) is 3.06. The Bertz CT molecular complexity index is 544. The Morgan fingerprint density at radius 3 is 2.82 bits per heavy atom. The largest absolute Gasteiger partial charge is 0.382 e. The monoisotopic (exact) mass is 248 g/mol. The SMILES string of the molecule is Nc1nc(Cl)ccc1NC(=O)c1cccnc1. The van der Waals surface area contributed by atoms with Crippen LogP contribution in [0.2, 0.25) is 5.15 Å². The molecule has 2 heterocycles. The van der Waals surface area contributed by atoms with Crippen LogP contribution in [0.4, 0.5) is 11.5 Å². The lowest BCUT2D eigenvalue weighted by molar-refractivity contribution is 0.102. The van der Waals surface area contributed by atoms with Gasteiger partial charge in [-0.1, -0.05) is 11.6 Å². The molecule has 2 rings (SSSR count). The van der Waals surface area contributed by atoms with E-state index in [1.165, 1.54) is 6.20 Å². The molecular weight excluding hydrogens is 240 g/mol. The maximum Gasteiger partial charge on any atom is 0.257 e. The molecule has 2 aromatic heterocycles. The molecule has 0 spiro atoms. The summed E-state index contributed by atoms with van der Waals surface area (Å²) in [5.74, 6) is -0.122. The highest BCUT2D eigenvalue weighted by atomic mass is 35.5. The molecule has 0 atom stereocenters. The Labute approximate surface area is 103 Å². The van der Waals surface area contributed by atoms with Gasteiger partial charge in [0.1, 0.15) is 11.0 Å². The van der Waals surface area contributed by atoms with Gasteiger partial charge in [0, 0.05) is 12.4 Å². The first-order chi connectivity index (χ1) is 8.16. The van der Waals surface area contributed by atoms with E-state index in [0.717, 1.165) is 0 Å². The van der Waals surface area contributed by atoms with Crippen LogP contribution in [0.1, 0.15) is 10.4 Å². The highest BCUT2D eigenvalue weighted by molar-refractivity contribution is 6.29. The number of nitrogen functional groups attached to an aromatic ring is 1. The molecule has 6 heteroatoms. The van der Waals surface area contributed by atoms with Crippen LogP contribution in [0.15, 0.2) is 36.7 Å². The third-order valence-electron chi connectivity index (χ3n) is 2.06. The summed E-state index contributed by atoms with van der Waals surface area (Å²) in [5.41, 5.74) is 6.49. The Hall–Kier alpha value is -2.14. The zero-order valence-corrected chi connectivity index (χ0v) is 9.48. The fourth-order valence-electron chi connectivity index (χ4n) is 1.25. The van der Waals surface area contributed by atoms with Gasteiger partial charge in [-0.25, -0.2) is 4.98 Å². The molecule has 17 heavy (non-hydrogen) atoms. The number of amides is 1. The Balaban J connectivity index is 2.19. The van der Waals surface area contributed by atoms with E-state index in [4.69, 9.17) is 17.3 Å². The molecule has 0 aromatic carbocycles. The van der Waals surface area contributed by atoms with E-state index < -0.39 is 0 Å². The van der Waals surface area contributed by atoms with E-state index in [9.17, 15) is 4.79 Å². The smallest absolute Gasteiger partial charge is 0.257 e. The first kappa shape index (κ1) is 11.3. The summed E-state index contributed by atoms with van der Waals surface area (Å²) in [4.78, 5) is 19.5. The van der Waals surface area contributed by atoms with Crippen molar-refractivity contribution < 1.29 is 4.79 Å². The summed E-state index contributed by atoms with van der Waals surface area (Å²) < 4.78 is 0. The Morgan fingerprint density at radius 1 is 1.35 bits per heavy atom. The molecule has 0 radical (unpaired) electrons. The number of hydrogen-bond donors (Lipinski definition) is 2. The van der Waals surface area contributed by atoms with Crippen molar-refractivity contribution in [2.75, 3.05) is 11.1 Å². The summed E-state index contributed by atoms with van der Waals surface area (Å²) in [5, 5.41) is 2.91. The average Bonchev–Trinajstić information content (AvgIpc) is 2.34. The van der Waals surface area contributed by atoms with Gasteiger partial charge < -0.3 is 11.1 Å². The fourth-order valence-corrected chi connectivity index (χ4v) is 1.40. The second kappa shape index (κ2) is 4.80. The zero-order valence-electron chi connectivity index (χ0n) is 8.72. The van der Waals surface area contributed by atoms with Gasteiger partial charge in [-0.3, -0.25) is 9.78 Å². The number of rotatable bonds is 2. The second-order valence-corrected chi connectivity index (χ2v) is 3.65. The molecule has 0 aliphatic rings. The first-order valence-electron chi connectivity index (χ1n) is 4.80. The van der Waals surface area contributed by atoms with Crippen molar-refractivity contribution in [2.24, 2.45) is 0 Å². The number of nitrogens with two attached hydrogens (primary N) is 1. The lowest BCUT2D eigenvalue weighted by atomic mass is 10.2. The number of pyridine rings is 2. The zero-order chi connectivity index (χ0) is 12.3. The molecule has 0 bridgehead atoms. The van der Waals surface area contributed by atoms with E-state index in [1.54, 1.807) is 30.5 Å². The fraction of sp³-hybridized carbons (Fsp3) is 0. The Kier molecular flexibility index (Phi) is 3.20. The van der Waals surface area contributed by atoms with Crippen molar-refractivity contribution in [1.29, 1.82) is 0 Å². The van der Waals surface area contributed by atoms with Crippen LogP contribution in [-0.4, -0.2) is 15.9 Å². The predicted octanol–water partition coefficient (Wildman–Crippen LogP) is 1.96. The van der Waals surface area contributed by atoms with Gasteiger partial charge in [0.15, 0.2) is 0 Å². The molecule has 0 unspecified atom stereocenters. The molecule has 5 nitrogen and oxygen atoms in total. The molecule has 86 valence electrons. The minimum atomic E-state index is -0.297. The second-order valence-electron chi connectivity index (χ2n) is 3.26. The molecule has 3 N–H and O–H groups in total. The van der Waals surface area contributed by atoms with E-state index in [0.29, 0.717) is 11.3 Å². The number of carbonyl (C=O) groups excluding carboxylic acids is 1. The predicted molar refractivity (Wildman–Crippen MR) is 65.8 cm³/mol. The van der Waals surface area contributed by atoms with Crippen LogP contribution in [0.3, 0.4) is 0 Å². The molecule has 0 aliphatic carbocycles. The topological polar surface area (TPSA) is 80.9 Å². The molecule has 0 fully saturated rings. The molecular formula is C11H9ClN4O. The van der Waals surface area contributed by atoms with Crippen molar-refractivity contribution in [1.82, 2.24) is 9.97 Å². The summed E-state index contributed by atoms with van der Waals surface area (Å²) >= 11 is 5.66. The van der Waals surface area contributed by atoms with Crippen LogP contribution in [0.5, 0.6) is 0 Å². The number of halogens is 1. The quantitative estimate of drug-likeness (QED) is 0.796. The number of nitrogens with one attached hydrogen (secondary N) is 1. The number of aromatic nitrogens is 2. The lowest BCUT2D eigenvalue weighted by Gasteiger charge is -2.07. The highest BCUT2D eigenvalue weighted by Crippen LogP contribution is 2.19. The minimum Gasteiger partial charge on any atom is -0.382 e. The molecule has 0 saturated heterocycles. The van der Waals surface area contributed by atoms with Crippen LogP contribution >= 0.6 is 11.6 Å². The first-order valence-corrected chi connectivity index (χ1v) is 5.18. The van der Waals surface area contributed by atoms with Gasteiger partial charge in [0.05, 0.1) is 11.3 Å².